The third-order valence-electron chi connectivity index (χ3n) is 3.51. The van der Waals surface area contributed by atoms with Gasteiger partial charge in [-0.1, -0.05) is 42.1 Å². The molecule has 3 aromatic rings. The summed E-state index contributed by atoms with van der Waals surface area (Å²) >= 11 is 6.21. The van der Waals surface area contributed by atoms with E-state index in [4.69, 9.17) is 23.9 Å². The lowest BCUT2D eigenvalue weighted by atomic mass is 10.2. The maximum Gasteiger partial charge on any atom is 0.214 e. The number of ketones is 1. The molecule has 130 valence electrons. The zero-order valence-electron chi connectivity index (χ0n) is 13.1. The third-order valence-corrected chi connectivity index (χ3v) is 4.74. The number of carbonyl (C=O) groups excluding carboxylic acids is 1. The van der Waals surface area contributed by atoms with E-state index in [-0.39, 0.29) is 11.5 Å². The smallest absolute Gasteiger partial charge is 0.214 e. The maximum absolute atomic E-state index is 12.1. The molecular formula is C14H16N8OS2. The van der Waals surface area contributed by atoms with E-state index in [1.807, 2.05) is 18.2 Å². The average molecular weight is 376 g/mol. The number of aromatic nitrogens is 6. The second-order valence-corrected chi connectivity index (χ2v) is 6.49. The van der Waals surface area contributed by atoms with Crippen molar-refractivity contribution in [2.45, 2.75) is 18.0 Å². The quantitative estimate of drug-likeness (QED) is 0.238. The van der Waals surface area contributed by atoms with Gasteiger partial charge in [-0.2, -0.15) is 5.10 Å². The number of nitrogens with two attached hydrogens (primary N) is 2. The standard InChI is InChI=1S/C14H16N8OS2/c15-21-11(17-19-13(21)24)6-7-12-18-20-14(22(12)16)25-8-10(23)9-4-2-1-3-5-9/h1-5H,6-8,15-16H2,(H,19,24). The third kappa shape index (κ3) is 3.88. The number of nitrogens with one attached hydrogen (secondary N) is 1. The molecule has 11 heteroatoms. The molecule has 0 radical (unpaired) electrons. The summed E-state index contributed by atoms with van der Waals surface area (Å²) in [5.41, 5.74) is 0.657. The van der Waals surface area contributed by atoms with E-state index in [1.54, 1.807) is 12.1 Å². The molecule has 0 spiro atoms. The number of nitrogens with zero attached hydrogens (tertiary/aromatic N) is 5. The highest BCUT2D eigenvalue weighted by Gasteiger charge is 2.14. The molecule has 2 aromatic heterocycles. The molecule has 0 aliphatic carbocycles. The molecule has 0 aliphatic heterocycles. The van der Waals surface area contributed by atoms with E-state index in [2.05, 4.69) is 20.4 Å². The highest BCUT2D eigenvalue weighted by Crippen LogP contribution is 2.17. The summed E-state index contributed by atoms with van der Waals surface area (Å²) in [7, 11) is 0. The van der Waals surface area contributed by atoms with Gasteiger partial charge >= 0.3 is 0 Å². The summed E-state index contributed by atoms with van der Waals surface area (Å²) in [5, 5.41) is 15.2. The highest BCUT2D eigenvalue weighted by molar-refractivity contribution is 7.99. The van der Waals surface area contributed by atoms with Crippen LogP contribution in [-0.4, -0.2) is 41.3 Å². The summed E-state index contributed by atoms with van der Waals surface area (Å²) in [5.74, 6) is 13.2. The topological polar surface area (TPSA) is 133 Å². The Morgan fingerprint density at radius 3 is 2.52 bits per heavy atom. The zero-order valence-corrected chi connectivity index (χ0v) is 14.8. The molecule has 0 amide bonds. The fourth-order valence-electron chi connectivity index (χ4n) is 2.15. The van der Waals surface area contributed by atoms with Gasteiger partial charge in [0.1, 0.15) is 0 Å². The summed E-state index contributed by atoms with van der Waals surface area (Å²) in [6, 6.07) is 9.08. The van der Waals surface area contributed by atoms with Crippen molar-refractivity contribution < 1.29 is 4.79 Å². The van der Waals surface area contributed by atoms with Crippen LogP contribution in [0.25, 0.3) is 0 Å². The molecule has 5 N–H and O–H groups in total. The normalized spacial score (nSPS) is 10.9. The Morgan fingerprint density at radius 2 is 1.84 bits per heavy atom. The number of rotatable bonds is 7. The van der Waals surface area contributed by atoms with Gasteiger partial charge in [0, 0.05) is 18.4 Å². The van der Waals surface area contributed by atoms with Gasteiger partial charge in [0.25, 0.3) is 0 Å². The minimum absolute atomic E-state index is 0.00817. The van der Waals surface area contributed by atoms with E-state index in [1.165, 1.54) is 21.1 Å². The number of nitrogen functional groups attached to an aromatic ring is 2. The first-order valence-corrected chi connectivity index (χ1v) is 8.77. The van der Waals surface area contributed by atoms with Crippen LogP contribution in [0.15, 0.2) is 35.5 Å². The minimum atomic E-state index is 0.00817. The number of Topliss-reactive ketones (excluding diaryl/α,β-unsaturated/α-hetero) is 1. The Bertz CT molecular complexity index is 930. The van der Waals surface area contributed by atoms with Crippen LogP contribution in [0.2, 0.25) is 0 Å². The van der Waals surface area contributed by atoms with Crippen molar-refractivity contribution in [3.63, 3.8) is 0 Å². The van der Waals surface area contributed by atoms with Crippen molar-refractivity contribution in [2.24, 2.45) is 0 Å². The van der Waals surface area contributed by atoms with Gasteiger partial charge < -0.3 is 11.7 Å². The van der Waals surface area contributed by atoms with Crippen molar-refractivity contribution in [3.05, 3.63) is 52.3 Å². The number of aryl methyl sites for hydroxylation is 2. The molecule has 9 nitrogen and oxygen atoms in total. The first kappa shape index (κ1) is 17.2. The number of hydrogen-bond donors (Lipinski definition) is 3. The molecule has 0 aliphatic rings. The van der Waals surface area contributed by atoms with Gasteiger partial charge in [0.05, 0.1) is 5.75 Å². The van der Waals surface area contributed by atoms with E-state index >= 15 is 0 Å². The molecule has 25 heavy (non-hydrogen) atoms. The number of benzene rings is 1. The predicted octanol–water partition coefficient (Wildman–Crippen LogP) is 0.720. The second kappa shape index (κ2) is 7.49. The van der Waals surface area contributed by atoms with Crippen LogP contribution in [0.1, 0.15) is 22.0 Å². The Labute approximate surface area is 152 Å². The van der Waals surface area contributed by atoms with Gasteiger partial charge in [0.2, 0.25) is 9.93 Å². The molecule has 1 aromatic carbocycles. The molecule has 0 saturated carbocycles. The first-order chi connectivity index (χ1) is 12.1. The minimum Gasteiger partial charge on any atom is -0.336 e. The summed E-state index contributed by atoms with van der Waals surface area (Å²) in [4.78, 5) is 12.1. The number of thioether (sulfide) groups is 1. The first-order valence-electron chi connectivity index (χ1n) is 7.38. The molecule has 0 bridgehead atoms. The highest BCUT2D eigenvalue weighted by atomic mass is 32.2. The summed E-state index contributed by atoms with van der Waals surface area (Å²) in [6.07, 6.45) is 1.00. The number of hydrogen-bond acceptors (Lipinski definition) is 8. The molecule has 0 unspecified atom stereocenters. The Balaban J connectivity index is 1.60. The van der Waals surface area contributed by atoms with Gasteiger partial charge in [-0.05, 0) is 12.2 Å². The second-order valence-electron chi connectivity index (χ2n) is 5.16. The van der Waals surface area contributed by atoms with E-state index in [9.17, 15) is 4.79 Å². The Hall–Kier alpha value is -2.66. The lowest BCUT2D eigenvalue weighted by molar-refractivity contribution is 0.102. The Morgan fingerprint density at radius 1 is 1.12 bits per heavy atom. The molecule has 0 fully saturated rings. The maximum atomic E-state index is 12.1. The largest absolute Gasteiger partial charge is 0.336 e. The fraction of sp³-hybridized carbons (Fsp3) is 0.214. The predicted molar refractivity (Wildman–Crippen MR) is 96.6 cm³/mol. The lowest BCUT2D eigenvalue weighted by Crippen LogP contribution is -2.17. The van der Waals surface area contributed by atoms with Crippen molar-refractivity contribution in [1.29, 1.82) is 0 Å². The average Bonchev–Trinajstić information content (AvgIpc) is 3.15. The molecule has 0 saturated heterocycles. The van der Waals surface area contributed by atoms with Crippen LogP contribution in [0.5, 0.6) is 0 Å². The van der Waals surface area contributed by atoms with Gasteiger partial charge in [-0.3, -0.25) is 9.89 Å². The summed E-state index contributed by atoms with van der Waals surface area (Å²) < 4.78 is 3.03. The summed E-state index contributed by atoms with van der Waals surface area (Å²) in [6.45, 7) is 0. The number of aromatic amines is 1. The van der Waals surface area contributed by atoms with Crippen LogP contribution in [0.4, 0.5) is 0 Å². The van der Waals surface area contributed by atoms with Crippen molar-refractivity contribution in [3.8, 4) is 0 Å². The van der Waals surface area contributed by atoms with E-state index in [0.717, 1.165) is 0 Å². The van der Waals surface area contributed by atoms with E-state index in [0.29, 0.717) is 40.0 Å². The van der Waals surface area contributed by atoms with Gasteiger partial charge in [-0.15, -0.1) is 10.2 Å². The van der Waals surface area contributed by atoms with Crippen LogP contribution in [0, 0.1) is 4.77 Å². The SMILES string of the molecule is Nn1c(CCc2n[nH]c(=S)n2N)nnc1SCC(=O)c1ccccc1. The van der Waals surface area contributed by atoms with Crippen LogP contribution < -0.4 is 11.7 Å². The number of H-pyrrole nitrogens is 1. The molecular weight excluding hydrogens is 360 g/mol. The van der Waals surface area contributed by atoms with Crippen molar-refractivity contribution in [1.82, 2.24) is 29.7 Å². The van der Waals surface area contributed by atoms with Gasteiger partial charge in [-0.25, -0.2) is 9.35 Å². The van der Waals surface area contributed by atoms with E-state index < -0.39 is 0 Å². The number of carbonyl (C=O) groups is 1. The lowest BCUT2D eigenvalue weighted by Gasteiger charge is -2.04. The van der Waals surface area contributed by atoms with Gasteiger partial charge in [0.15, 0.2) is 17.4 Å². The van der Waals surface area contributed by atoms with Crippen LogP contribution >= 0.6 is 24.0 Å². The Kier molecular flexibility index (Phi) is 5.14. The zero-order chi connectivity index (χ0) is 17.8. The van der Waals surface area contributed by atoms with Crippen LogP contribution in [0.3, 0.4) is 0 Å². The van der Waals surface area contributed by atoms with Crippen molar-refractivity contribution in [2.75, 3.05) is 17.4 Å². The monoisotopic (exact) mass is 376 g/mol. The molecule has 0 atom stereocenters. The van der Waals surface area contributed by atoms with Crippen molar-refractivity contribution >= 4 is 29.8 Å². The van der Waals surface area contributed by atoms with Crippen LogP contribution in [-0.2, 0) is 12.8 Å². The molecule has 2 heterocycles. The molecule has 3 rings (SSSR count). The fourth-order valence-corrected chi connectivity index (χ4v) is 3.07.